The van der Waals surface area contributed by atoms with Crippen LogP contribution in [0.4, 0.5) is 4.39 Å². The predicted octanol–water partition coefficient (Wildman–Crippen LogP) is 4.96. The van der Waals surface area contributed by atoms with E-state index in [-0.39, 0.29) is 17.8 Å². The van der Waals surface area contributed by atoms with Crippen LogP contribution in [0.2, 0.25) is 0 Å². The molecule has 0 unspecified atom stereocenters. The Morgan fingerprint density at radius 2 is 1.93 bits per heavy atom. The van der Waals surface area contributed by atoms with E-state index in [0.717, 1.165) is 17.4 Å². The molecule has 2 aromatic rings. The molecule has 2 aliphatic carbocycles. The number of para-hydroxylation sites is 1. The van der Waals surface area contributed by atoms with E-state index in [1.165, 1.54) is 37.8 Å². The number of rotatable bonds is 6. The Morgan fingerprint density at radius 3 is 2.63 bits per heavy atom. The van der Waals surface area contributed by atoms with Crippen molar-refractivity contribution in [3.8, 4) is 5.75 Å². The topological polar surface area (TPSA) is 38.3 Å². The minimum atomic E-state index is -0.270. The highest BCUT2D eigenvalue weighted by Crippen LogP contribution is 2.49. The number of carbonyl (C=O) groups excluding carboxylic acids is 1. The third-order valence-electron chi connectivity index (χ3n) is 6.23. The molecular weight excluding hydrogens is 341 g/mol. The Hall–Kier alpha value is -2.36. The molecule has 0 saturated heterocycles. The average Bonchev–Trinajstić information content (AvgIpc) is 3.31. The Labute approximate surface area is 159 Å². The van der Waals surface area contributed by atoms with Crippen LogP contribution in [0.1, 0.15) is 48.5 Å². The molecule has 2 aliphatic rings. The van der Waals surface area contributed by atoms with Gasteiger partial charge in [-0.3, -0.25) is 4.79 Å². The maximum Gasteiger partial charge on any atom is 0.255 e. The van der Waals surface area contributed by atoms with Crippen molar-refractivity contribution in [3.05, 3.63) is 65.5 Å². The van der Waals surface area contributed by atoms with Gasteiger partial charge in [-0.05, 0) is 73.8 Å². The van der Waals surface area contributed by atoms with Crippen molar-refractivity contribution >= 4 is 5.91 Å². The number of amides is 1. The molecule has 2 aromatic carbocycles. The van der Waals surface area contributed by atoms with Gasteiger partial charge in [-0.15, -0.1) is 0 Å². The fraction of sp³-hybridized carbons (Fsp3) is 0.435. The van der Waals surface area contributed by atoms with Crippen LogP contribution in [0.3, 0.4) is 0 Å². The predicted molar refractivity (Wildman–Crippen MR) is 103 cm³/mol. The Bertz CT molecular complexity index is 804. The van der Waals surface area contributed by atoms with Crippen molar-refractivity contribution in [2.24, 2.45) is 17.8 Å². The minimum Gasteiger partial charge on any atom is -0.488 e. The smallest absolute Gasteiger partial charge is 0.255 e. The first-order chi connectivity index (χ1) is 13.1. The van der Waals surface area contributed by atoms with Crippen LogP contribution in [0.5, 0.6) is 5.75 Å². The van der Waals surface area contributed by atoms with Crippen molar-refractivity contribution in [3.63, 3.8) is 0 Å². The van der Waals surface area contributed by atoms with Crippen LogP contribution >= 0.6 is 0 Å². The molecule has 0 heterocycles. The van der Waals surface area contributed by atoms with Gasteiger partial charge in [-0.25, -0.2) is 4.39 Å². The van der Waals surface area contributed by atoms with E-state index in [0.29, 0.717) is 23.8 Å². The van der Waals surface area contributed by atoms with Crippen molar-refractivity contribution < 1.29 is 13.9 Å². The van der Waals surface area contributed by atoms with Gasteiger partial charge in [0.1, 0.15) is 18.2 Å². The second-order valence-corrected chi connectivity index (χ2v) is 8.01. The van der Waals surface area contributed by atoms with Crippen LogP contribution < -0.4 is 10.1 Å². The van der Waals surface area contributed by atoms with Gasteiger partial charge >= 0.3 is 0 Å². The highest BCUT2D eigenvalue weighted by molar-refractivity contribution is 5.97. The zero-order valence-electron chi connectivity index (χ0n) is 15.7. The summed E-state index contributed by atoms with van der Waals surface area (Å²) in [7, 11) is 0. The summed E-state index contributed by atoms with van der Waals surface area (Å²) in [4.78, 5) is 12.9. The van der Waals surface area contributed by atoms with Gasteiger partial charge in [0.2, 0.25) is 0 Å². The summed E-state index contributed by atoms with van der Waals surface area (Å²) in [5.74, 6) is 2.44. The van der Waals surface area contributed by atoms with Gasteiger partial charge in [0.25, 0.3) is 5.91 Å². The molecule has 1 amide bonds. The van der Waals surface area contributed by atoms with Crippen molar-refractivity contribution in [2.45, 2.75) is 45.3 Å². The van der Waals surface area contributed by atoms with Crippen molar-refractivity contribution in [1.82, 2.24) is 5.32 Å². The second kappa shape index (κ2) is 7.71. The standard InChI is InChI=1S/C23H26FNO2/c1-15(21-13-17-6-9-18(21)12-17)25-23(26)20-4-2-3-5-22(20)27-14-16-7-10-19(24)11-8-16/h2-5,7-8,10-11,15,17-18,21H,6,9,12-14H2,1H3,(H,25,26)/t15-,17-,18-,21-/m1/s1. The number of hydrogen-bond acceptors (Lipinski definition) is 2. The van der Waals surface area contributed by atoms with Crippen molar-refractivity contribution in [1.29, 1.82) is 0 Å². The molecule has 3 nitrogen and oxygen atoms in total. The first-order valence-electron chi connectivity index (χ1n) is 9.87. The Balaban J connectivity index is 1.40. The van der Waals surface area contributed by atoms with E-state index in [2.05, 4.69) is 12.2 Å². The molecule has 2 fully saturated rings. The molecule has 4 heteroatoms. The van der Waals surface area contributed by atoms with E-state index in [1.54, 1.807) is 24.3 Å². The molecule has 142 valence electrons. The lowest BCUT2D eigenvalue weighted by molar-refractivity contribution is 0.0910. The van der Waals surface area contributed by atoms with E-state index in [4.69, 9.17) is 4.74 Å². The number of fused-ring (bicyclic) bond motifs is 2. The fourth-order valence-electron chi connectivity index (χ4n) is 4.82. The van der Waals surface area contributed by atoms with Gasteiger partial charge < -0.3 is 10.1 Å². The second-order valence-electron chi connectivity index (χ2n) is 8.01. The van der Waals surface area contributed by atoms with Crippen LogP contribution in [0, 0.1) is 23.6 Å². The fourth-order valence-corrected chi connectivity index (χ4v) is 4.82. The van der Waals surface area contributed by atoms with Gasteiger partial charge in [-0.1, -0.05) is 30.7 Å². The number of hydrogen-bond donors (Lipinski definition) is 1. The molecule has 0 radical (unpaired) electrons. The van der Waals surface area contributed by atoms with Gasteiger partial charge in [-0.2, -0.15) is 0 Å². The summed E-state index contributed by atoms with van der Waals surface area (Å²) in [5.41, 5.74) is 1.41. The molecular formula is C23H26FNO2. The zero-order valence-corrected chi connectivity index (χ0v) is 15.7. The number of carbonyl (C=O) groups is 1. The third-order valence-corrected chi connectivity index (χ3v) is 6.23. The highest BCUT2D eigenvalue weighted by atomic mass is 19.1. The molecule has 4 atom stereocenters. The molecule has 27 heavy (non-hydrogen) atoms. The molecule has 4 rings (SSSR count). The number of halogens is 1. The van der Waals surface area contributed by atoms with Crippen molar-refractivity contribution in [2.75, 3.05) is 0 Å². The summed E-state index contributed by atoms with van der Waals surface area (Å²) in [6, 6.07) is 13.7. The van der Waals surface area contributed by atoms with E-state index >= 15 is 0 Å². The quantitative estimate of drug-likeness (QED) is 0.784. The largest absolute Gasteiger partial charge is 0.488 e. The molecule has 0 aromatic heterocycles. The Morgan fingerprint density at radius 1 is 1.15 bits per heavy atom. The monoisotopic (exact) mass is 367 g/mol. The Kier molecular flexibility index (Phi) is 5.15. The third kappa shape index (κ3) is 4.00. The summed E-state index contributed by atoms with van der Waals surface area (Å²) < 4.78 is 18.9. The summed E-state index contributed by atoms with van der Waals surface area (Å²) >= 11 is 0. The number of benzene rings is 2. The zero-order chi connectivity index (χ0) is 18.8. The van der Waals surface area contributed by atoms with Gasteiger partial charge in [0, 0.05) is 6.04 Å². The van der Waals surface area contributed by atoms with E-state index < -0.39 is 0 Å². The molecule has 0 spiro atoms. The minimum absolute atomic E-state index is 0.0834. The van der Waals surface area contributed by atoms with Crippen LogP contribution in [0.15, 0.2) is 48.5 Å². The average molecular weight is 367 g/mol. The normalized spacial score (nSPS) is 24.6. The summed E-state index contributed by atoms with van der Waals surface area (Å²) in [6.07, 6.45) is 5.26. The SMILES string of the molecule is C[C@@H](NC(=O)c1ccccc1OCc1ccc(F)cc1)[C@H]1C[C@@H]2CC[C@@H]1C2. The molecule has 1 N–H and O–H groups in total. The maximum atomic E-state index is 13.0. The highest BCUT2D eigenvalue weighted by Gasteiger charge is 2.42. The summed E-state index contributed by atoms with van der Waals surface area (Å²) in [6.45, 7) is 2.43. The van der Waals surface area contributed by atoms with Crippen LogP contribution in [0.25, 0.3) is 0 Å². The molecule has 2 saturated carbocycles. The van der Waals surface area contributed by atoms with Gasteiger partial charge in [0.15, 0.2) is 0 Å². The van der Waals surface area contributed by atoms with Crippen LogP contribution in [-0.4, -0.2) is 11.9 Å². The lowest BCUT2D eigenvalue weighted by Gasteiger charge is -2.28. The lowest BCUT2D eigenvalue weighted by Crippen LogP contribution is -2.40. The molecule has 0 aliphatic heterocycles. The summed E-state index contributed by atoms with van der Waals surface area (Å²) in [5, 5.41) is 3.20. The van der Waals surface area contributed by atoms with Gasteiger partial charge in [0.05, 0.1) is 5.56 Å². The van der Waals surface area contributed by atoms with E-state index in [1.807, 2.05) is 12.1 Å². The first-order valence-corrected chi connectivity index (χ1v) is 9.87. The lowest BCUT2D eigenvalue weighted by atomic mass is 9.84. The van der Waals surface area contributed by atoms with E-state index in [9.17, 15) is 9.18 Å². The maximum absolute atomic E-state index is 13.0. The number of nitrogens with one attached hydrogen (secondary N) is 1. The van der Waals surface area contributed by atoms with Crippen LogP contribution in [-0.2, 0) is 6.61 Å². The molecule has 2 bridgehead atoms. The first kappa shape index (κ1) is 18.0. The number of ether oxygens (including phenoxy) is 1.